The van der Waals surface area contributed by atoms with E-state index in [0.29, 0.717) is 21.8 Å². The largest absolute Gasteiger partial charge is 0.502 e. The Hall–Kier alpha value is -3.24. The highest BCUT2D eigenvalue weighted by Crippen LogP contribution is 2.39. The zero-order valence-corrected chi connectivity index (χ0v) is 17.9. The molecule has 0 atom stereocenters. The fraction of sp³-hybridized carbons (Fsp3) is 0.150. The van der Waals surface area contributed by atoms with Crippen LogP contribution in [0.4, 0.5) is 0 Å². The molecule has 1 aliphatic heterocycles. The summed E-state index contributed by atoms with van der Waals surface area (Å²) >= 11 is 6.28. The summed E-state index contributed by atoms with van der Waals surface area (Å²) in [6.45, 7) is 0. The summed E-state index contributed by atoms with van der Waals surface area (Å²) in [7, 11) is 4.35. The third-order valence-corrected chi connectivity index (χ3v) is 5.46. The van der Waals surface area contributed by atoms with Gasteiger partial charge in [-0.15, -0.1) is 0 Å². The Morgan fingerprint density at radius 1 is 1.10 bits per heavy atom. The van der Waals surface area contributed by atoms with E-state index >= 15 is 0 Å². The summed E-state index contributed by atoms with van der Waals surface area (Å²) in [5.74, 6) is -0.0925. The summed E-state index contributed by atoms with van der Waals surface area (Å²) in [5.41, 5.74) is 3.42. The van der Waals surface area contributed by atoms with E-state index in [1.165, 1.54) is 21.3 Å². The molecule has 1 aliphatic rings. The molecule has 0 spiro atoms. The van der Waals surface area contributed by atoms with Gasteiger partial charge in [0, 0.05) is 5.56 Å². The van der Waals surface area contributed by atoms with E-state index in [1.807, 2.05) is 0 Å². The first-order valence-electron chi connectivity index (χ1n) is 8.56. The first-order chi connectivity index (χ1) is 14.4. The van der Waals surface area contributed by atoms with Crippen molar-refractivity contribution in [3.63, 3.8) is 0 Å². The van der Waals surface area contributed by atoms with Crippen LogP contribution >= 0.6 is 24.0 Å². The maximum absolute atomic E-state index is 12.8. The number of carbonyl (C=O) groups is 2. The molecule has 2 aromatic carbocycles. The summed E-state index contributed by atoms with van der Waals surface area (Å²) in [6, 6.07) is 9.56. The maximum Gasteiger partial charge on any atom is 0.285 e. The second-order valence-corrected chi connectivity index (χ2v) is 7.64. The lowest BCUT2D eigenvalue weighted by Gasteiger charge is -2.15. The second-order valence-electron chi connectivity index (χ2n) is 5.96. The lowest BCUT2D eigenvalue weighted by atomic mass is 10.1. The van der Waals surface area contributed by atoms with Crippen LogP contribution in [-0.4, -0.2) is 47.6 Å². The number of rotatable bonds is 6. The lowest BCUT2D eigenvalue weighted by Crippen LogP contribution is -2.44. The number of hydrogen-bond acceptors (Lipinski definition) is 8. The third-order valence-electron chi connectivity index (χ3n) is 4.16. The van der Waals surface area contributed by atoms with Gasteiger partial charge in [-0.1, -0.05) is 11.8 Å². The normalized spacial score (nSPS) is 14.8. The molecule has 1 heterocycles. The third kappa shape index (κ3) is 4.34. The number of thiocarbonyl (C=S) groups is 1. The number of ether oxygens (including phenoxy) is 3. The van der Waals surface area contributed by atoms with E-state index in [-0.39, 0.29) is 21.6 Å². The van der Waals surface area contributed by atoms with Crippen LogP contribution in [0.3, 0.4) is 0 Å². The van der Waals surface area contributed by atoms with Crippen LogP contribution in [0.1, 0.15) is 15.9 Å². The molecular formula is C20H18N2O6S2. The maximum atomic E-state index is 12.8. The first kappa shape index (κ1) is 21.5. The Bertz CT molecular complexity index is 1010. The monoisotopic (exact) mass is 446 g/mol. The molecule has 3 rings (SSSR count). The Kier molecular flexibility index (Phi) is 6.48. The molecule has 1 saturated heterocycles. The number of nitrogens with one attached hydrogen (secondary N) is 1. The van der Waals surface area contributed by atoms with Crippen LogP contribution in [0.2, 0.25) is 0 Å². The zero-order valence-electron chi connectivity index (χ0n) is 16.3. The van der Waals surface area contributed by atoms with Crippen molar-refractivity contribution >= 4 is 46.2 Å². The van der Waals surface area contributed by atoms with Crippen LogP contribution in [0.15, 0.2) is 41.3 Å². The molecule has 156 valence electrons. The van der Waals surface area contributed by atoms with Crippen molar-refractivity contribution in [1.82, 2.24) is 10.4 Å². The van der Waals surface area contributed by atoms with Crippen molar-refractivity contribution in [2.75, 3.05) is 21.3 Å². The molecule has 2 amide bonds. The van der Waals surface area contributed by atoms with E-state index in [0.717, 1.165) is 16.8 Å². The van der Waals surface area contributed by atoms with Crippen LogP contribution in [0, 0.1) is 0 Å². The number of hydrazine groups is 1. The molecule has 0 saturated carbocycles. The predicted molar refractivity (Wildman–Crippen MR) is 117 cm³/mol. The highest BCUT2D eigenvalue weighted by Gasteiger charge is 2.34. The molecule has 0 unspecified atom stereocenters. The van der Waals surface area contributed by atoms with Crippen LogP contribution in [0.5, 0.6) is 23.0 Å². The van der Waals surface area contributed by atoms with Gasteiger partial charge in [0.2, 0.25) is 5.75 Å². The number of carbonyl (C=O) groups excluding carboxylic acids is 2. The Morgan fingerprint density at radius 3 is 2.23 bits per heavy atom. The quantitative estimate of drug-likeness (QED) is 0.516. The molecule has 0 aromatic heterocycles. The smallest absolute Gasteiger partial charge is 0.285 e. The SMILES string of the molecule is COc1ccc(C(=O)NN2C(=O)/C(=C\c3cc(OC)c(O)c(OC)c3)SC2=S)cc1. The molecule has 0 bridgehead atoms. The Labute approximate surface area is 182 Å². The van der Waals surface area contributed by atoms with Crippen LogP contribution < -0.4 is 19.6 Å². The number of amides is 2. The highest BCUT2D eigenvalue weighted by molar-refractivity contribution is 8.26. The van der Waals surface area contributed by atoms with Gasteiger partial charge in [0.05, 0.1) is 26.2 Å². The highest BCUT2D eigenvalue weighted by atomic mass is 32.2. The summed E-state index contributed by atoms with van der Waals surface area (Å²) in [5, 5.41) is 11.0. The van der Waals surface area contributed by atoms with Gasteiger partial charge in [-0.05, 0) is 60.3 Å². The van der Waals surface area contributed by atoms with Gasteiger partial charge < -0.3 is 19.3 Å². The molecule has 1 fully saturated rings. The number of thioether (sulfide) groups is 1. The summed E-state index contributed by atoms with van der Waals surface area (Å²) < 4.78 is 15.5. The number of nitrogens with zero attached hydrogens (tertiary/aromatic N) is 1. The van der Waals surface area contributed by atoms with Gasteiger partial charge in [-0.25, -0.2) is 0 Å². The second kappa shape index (κ2) is 9.06. The summed E-state index contributed by atoms with van der Waals surface area (Å²) in [6.07, 6.45) is 1.57. The van der Waals surface area contributed by atoms with Crippen molar-refractivity contribution in [3.05, 3.63) is 52.4 Å². The number of benzene rings is 2. The zero-order chi connectivity index (χ0) is 21.8. The van der Waals surface area contributed by atoms with E-state index in [9.17, 15) is 14.7 Å². The van der Waals surface area contributed by atoms with Crippen molar-refractivity contribution in [2.24, 2.45) is 0 Å². The van der Waals surface area contributed by atoms with Gasteiger partial charge in [0.1, 0.15) is 5.75 Å². The van der Waals surface area contributed by atoms with E-state index in [2.05, 4.69) is 5.43 Å². The van der Waals surface area contributed by atoms with Crippen molar-refractivity contribution in [2.45, 2.75) is 0 Å². The van der Waals surface area contributed by atoms with E-state index < -0.39 is 11.8 Å². The molecule has 30 heavy (non-hydrogen) atoms. The molecule has 10 heteroatoms. The van der Waals surface area contributed by atoms with Gasteiger partial charge in [0.25, 0.3) is 11.8 Å². The number of phenolic OH excluding ortho intramolecular Hbond substituents is 1. The van der Waals surface area contributed by atoms with Gasteiger partial charge in [-0.2, -0.15) is 5.01 Å². The van der Waals surface area contributed by atoms with Crippen molar-refractivity contribution in [1.29, 1.82) is 0 Å². The van der Waals surface area contributed by atoms with Crippen molar-refractivity contribution < 1.29 is 28.9 Å². The molecule has 8 nitrogen and oxygen atoms in total. The number of methoxy groups -OCH3 is 3. The molecular weight excluding hydrogens is 428 g/mol. The minimum atomic E-state index is -0.483. The number of hydrogen-bond donors (Lipinski definition) is 2. The molecule has 2 aromatic rings. The fourth-order valence-electron chi connectivity index (χ4n) is 2.62. The van der Waals surface area contributed by atoms with Gasteiger partial charge in [-0.3, -0.25) is 15.0 Å². The van der Waals surface area contributed by atoms with E-state index in [4.69, 9.17) is 26.4 Å². The predicted octanol–water partition coefficient (Wildman–Crippen LogP) is 2.96. The molecule has 0 aliphatic carbocycles. The number of phenols is 1. The number of aromatic hydroxyl groups is 1. The summed E-state index contributed by atoms with van der Waals surface area (Å²) in [4.78, 5) is 25.5. The Morgan fingerprint density at radius 2 is 1.70 bits per heavy atom. The minimum Gasteiger partial charge on any atom is -0.502 e. The average Bonchev–Trinajstić information content (AvgIpc) is 3.02. The minimum absolute atomic E-state index is 0.142. The van der Waals surface area contributed by atoms with Crippen LogP contribution in [0.25, 0.3) is 6.08 Å². The van der Waals surface area contributed by atoms with Crippen LogP contribution in [-0.2, 0) is 4.79 Å². The van der Waals surface area contributed by atoms with Gasteiger partial charge >= 0.3 is 0 Å². The fourth-order valence-corrected chi connectivity index (χ4v) is 3.80. The van der Waals surface area contributed by atoms with Crippen molar-refractivity contribution in [3.8, 4) is 23.0 Å². The molecule has 2 N–H and O–H groups in total. The lowest BCUT2D eigenvalue weighted by molar-refractivity contribution is -0.123. The molecule has 0 radical (unpaired) electrons. The Balaban J connectivity index is 1.81. The average molecular weight is 447 g/mol. The first-order valence-corrected chi connectivity index (χ1v) is 9.78. The topological polar surface area (TPSA) is 97.3 Å². The van der Waals surface area contributed by atoms with E-state index in [1.54, 1.807) is 42.5 Å². The standard InChI is InChI=1S/C20H18N2O6S2/c1-26-13-6-4-12(5-7-13)18(24)21-22-19(25)16(30-20(22)29)10-11-8-14(27-2)17(23)15(9-11)28-3/h4-10,23H,1-3H3,(H,21,24)/b16-10+. The van der Waals surface area contributed by atoms with Gasteiger partial charge in [0.15, 0.2) is 15.8 Å².